The summed E-state index contributed by atoms with van der Waals surface area (Å²) in [6.45, 7) is 1.74. The molecule has 0 atom stereocenters. The first-order valence-electron chi connectivity index (χ1n) is 5.52. The second-order valence-electron chi connectivity index (χ2n) is 3.99. The summed E-state index contributed by atoms with van der Waals surface area (Å²) in [5, 5.41) is 4.04. The lowest BCUT2D eigenvalue weighted by atomic mass is 10.2. The van der Waals surface area contributed by atoms with Gasteiger partial charge < -0.3 is 0 Å². The second kappa shape index (κ2) is 5.55. The molecule has 0 saturated carbocycles. The fourth-order valence-corrected chi connectivity index (χ4v) is 2.05. The number of benzene rings is 1. The minimum absolute atomic E-state index is 0.102. The lowest BCUT2D eigenvalue weighted by molar-refractivity contribution is -0.111. The van der Waals surface area contributed by atoms with Gasteiger partial charge in [0.15, 0.2) is 0 Å². The lowest BCUT2D eigenvalue weighted by Gasteiger charge is -2.11. The molecule has 2 aromatic rings. The molecule has 0 N–H and O–H groups in total. The van der Waals surface area contributed by atoms with Crippen LogP contribution in [0.2, 0.25) is 5.02 Å². The molecule has 0 bridgehead atoms. The van der Waals surface area contributed by atoms with E-state index in [1.165, 1.54) is 10.7 Å². The Morgan fingerprint density at radius 3 is 2.68 bits per heavy atom. The van der Waals surface area contributed by atoms with Crippen molar-refractivity contribution in [2.24, 2.45) is 0 Å². The maximum absolute atomic E-state index is 11.7. The molecular weight excluding hydrogens is 287 g/mol. The highest BCUT2D eigenvalue weighted by Crippen LogP contribution is 2.19. The average molecular weight is 297 g/mol. The molecule has 0 radical (unpaired) electrons. The molecule has 0 amide bonds. The Hall–Kier alpha value is -1.65. The van der Waals surface area contributed by atoms with E-state index in [4.69, 9.17) is 23.2 Å². The Labute approximate surface area is 119 Å². The van der Waals surface area contributed by atoms with Crippen LogP contribution in [0.3, 0.4) is 0 Å². The minimum Gasteiger partial charge on any atom is -0.288 e. The average Bonchev–Trinajstić information content (AvgIpc) is 2.33. The zero-order chi connectivity index (χ0) is 14.0. The third kappa shape index (κ3) is 3.03. The Bertz CT molecular complexity index is 695. The number of aromatic nitrogens is 2. The van der Waals surface area contributed by atoms with E-state index in [2.05, 4.69) is 5.10 Å². The number of aryl methyl sites for hydroxylation is 1. The predicted octanol–water partition coefficient (Wildman–Crippen LogP) is 2.50. The summed E-state index contributed by atoms with van der Waals surface area (Å²) in [5.41, 5.74) is 1.06. The van der Waals surface area contributed by atoms with Crippen LogP contribution in [-0.4, -0.2) is 15.0 Å². The van der Waals surface area contributed by atoms with Crippen molar-refractivity contribution in [2.75, 3.05) is 0 Å². The molecule has 98 valence electrons. The van der Waals surface area contributed by atoms with Gasteiger partial charge in [-0.2, -0.15) is 5.10 Å². The molecular formula is C13H10Cl2N2O2. The van der Waals surface area contributed by atoms with Gasteiger partial charge in [-0.3, -0.25) is 9.59 Å². The third-order valence-electron chi connectivity index (χ3n) is 2.57. The van der Waals surface area contributed by atoms with Gasteiger partial charge in [-0.25, -0.2) is 4.68 Å². The van der Waals surface area contributed by atoms with Gasteiger partial charge in [-0.1, -0.05) is 23.7 Å². The summed E-state index contributed by atoms with van der Waals surface area (Å²) in [6, 6.07) is 8.52. The van der Waals surface area contributed by atoms with E-state index >= 15 is 0 Å². The Balaban J connectivity index is 2.61. The van der Waals surface area contributed by atoms with Crippen molar-refractivity contribution >= 4 is 28.4 Å². The Kier molecular flexibility index (Phi) is 4.02. The molecule has 0 aliphatic carbocycles. The highest BCUT2D eigenvalue weighted by atomic mass is 35.5. The molecule has 4 nitrogen and oxygen atoms in total. The van der Waals surface area contributed by atoms with Crippen LogP contribution in [0.15, 0.2) is 35.1 Å². The van der Waals surface area contributed by atoms with Crippen molar-refractivity contribution in [1.29, 1.82) is 0 Å². The van der Waals surface area contributed by atoms with E-state index in [1.807, 2.05) is 6.07 Å². The van der Waals surface area contributed by atoms with Crippen molar-refractivity contribution in [1.82, 2.24) is 9.78 Å². The standard InChI is InChI=1S/C13H10Cl2N2O2/c1-8-6-12(18)10(7-13(15)19)16-17(8)11-5-3-2-4-9(11)14/h2-6H,7H2,1H3. The first-order chi connectivity index (χ1) is 8.99. The van der Waals surface area contributed by atoms with Gasteiger partial charge in [0.2, 0.25) is 10.7 Å². The molecule has 1 heterocycles. The molecule has 0 fully saturated rings. The van der Waals surface area contributed by atoms with E-state index in [0.717, 1.165) is 0 Å². The third-order valence-corrected chi connectivity index (χ3v) is 3.02. The molecule has 1 aromatic carbocycles. The van der Waals surface area contributed by atoms with Crippen LogP contribution in [0, 0.1) is 6.92 Å². The highest BCUT2D eigenvalue weighted by molar-refractivity contribution is 6.63. The van der Waals surface area contributed by atoms with Crippen LogP contribution < -0.4 is 5.43 Å². The molecule has 2 rings (SSSR count). The fourth-order valence-electron chi connectivity index (χ4n) is 1.70. The van der Waals surface area contributed by atoms with Crippen molar-refractivity contribution < 1.29 is 4.79 Å². The normalized spacial score (nSPS) is 10.5. The van der Waals surface area contributed by atoms with Crippen molar-refractivity contribution in [3.8, 4) is 5.69 Å². The van der Waals surface area contributed by atoms with Gasteiger partial charge in [0, 0.05) is 11.8 Å². The fraction of sp³-hybridized carbons (Fsp3) is 0.154. The smallest absolute Gasteiger partial charge is 0.227 e. The zero-order valence-electron chi connectivity index (χ0n) is 10.1. The monoisotopic (exact) mass is 296 g/mol. The van der Waals surface area contributed by atoms with E-state index in [1.54, 1.807) is 25.1 Å². The van der Waals surface area contributed by atoms with Gasteiger partial charge in [0.1, 0.15) is 5.69 Å². The number of hydrogen-bond acceptors (Lipinski definition) is 3. The number of halogens is 2. The second-order valence-corrected chi connectivity index (χ2v) is 4.82. The summed E-state index contributed by atoms with van der Waals surface area (Å²) in [7, 11) is 0. The molecule has 19 heavy (non-hydrogen) atoms. The van der Waals surface area contributed by atoms with E-state index < -0.39 is 5.24 Å². The predicted molar refractivity (Wildman–Crippen MR) is 74.1 cm³/mol. The first kappa shape index (κ1) is 13.8. The van der Waals surface area contributed by atoms with E-state index in [0.29, 0.717) is 16.4 Å². The quantitative estimate of drug-likeness (QED) is 0.818. The molecule has 0 spiro atoms. The van der Waals surface area contributed by atoms with Gasteiger partial charge in [0.25, 0.3) is 0 Å². The number of nitrogens with zero attached hydrogens (tertiary/aromatic N) is 2. The van der Waals surface area contributed by atoms with Gasteiger partial charge >= 0.3 is 0 Å². The number of carbonyl (C=O) groups excluding carboxylic acids is 1. The number of para-hydroxylation sites is 1. The van der Waals surface area contributed by atoms with Gasteiger partial charge in [-0.05, 0) is 30.7 Å². The zero-order valence-corrected chi connectivity index (χ0v) is 11.6. The van der Waals surface area contributed by atoms with E-state index in [-0.39, 0.29) is 17.5 Å². The van der Waals surface area contributed by atoms with Crippen molar-refractivity contribution in [3.63, 3.8) is 0 Å². The molecule has 0 aliphatic rings. The first-order valence-corrected chi connectivity index (χ1v) is 6.27. The maximum atomic E-state index is 11.7. The number of hydrogen-bond donors (Lipinski definition) is 0. The van der Waals surface area contributed by atoms with Crippen LogP contribution >= 0.6 is 23.2 Å². The van der Waals surface area contributed by atoms with Crippen LogP contribution in [-0.2, 0) is 11.2 Å². The molecule has 0 aliphatic heterocycles. The molecule has 0 saturated heterocycles. The van der Waals surface area contributed by atoms with Crippen LogP contribution in [0.25, 0.3) is 5.69 Å². The van der Waals surface area contributed by atoms with E-state index in [9.17, 15) is 9.59 Å². The number of carbonyl (C=O) groups is 1. The summed E-state index contributed by atoms with van der Waals surface area (Å²) >= 11 is 11.4. The van der Waals surface area contributed by atoms with Crippen LogP contribution in [0.5, 0.6) is 0 Å². The highest BCUT2D eigenvalue weighted by Gasteiger charge is 2.11. The van der Waals surface area contributed by atoms with Gasteiger partial charge in [0.05, 0.1) is 17.1 Å². The topological polar surface area (TPSA) is 52.0 Å². The molecule has 0 unspecified atom stereocenters. The summed E-state index contributed by atoms with van der Waals surface area (Å²) in [6.07, 6.45) is -0.203. The van der Waals surface area contributed by atoms with Crippen molar-refractivity contribution in [2.45, 2.75) is 13.3 Å². The summed E-state index contributed by atoms with van der Waals surface area (Å²) < 4.78 is 1.53. The minimum atomic E-state index is -0.626. The molecule has 1 aromatic heterocycles. The van der Waals surface area contributed by atoms with Gasteiger partial charge in [-0.15, -0.1) is 0 Å². The Morgan fingerprint density at radius 1 is 1.37 bits per heavy atom. The summed E-state index contributed by atoms with van der Waals surface area (Å²) in [5.74, 6) is 0. The molecule has 6 heteroatoms. The summed E-state index contributed by atoms with van der Waals surface area (Å²) in [4.78, 5) is 22.6. The van der Waals surface area contributed by atoms with Crippen LogP contribution in [0.1, 0.15) is 11.4 Å². The number of rotatable bonds is 3. The maximum Gasteiger partial charge on any atom is 0.227 e. The Morgan fingerprint density at radius 2 is 2.05 bits per heavy atom. The largest absolute Gasteiger partial charge is 0.288 e. The SMILES string of the molecule is Cc1cc(=O)c(CC(=O)Cl)nn1-c1ccccc1Cl. The van der Waals surface area contributed by atoms with Crippen molar-refractivity contribution in [3.05, 3.63) is 57.0 Å². The van der Waals surface area contributed by atoms with Crippen LogP contribution in [0.4, 0.5) is 0 Å². The lowest BCUT2D eigenvalue weighted by Crippen LogP contribution is -2.20.